The number of nitriles is 1. The van der Waals surface area contributed by atoms with Crippen molar-refractivity contribution >= 4 is 40.5 Å². The summed E-state index contributed by atoms with van der Waals surface area (Å²) in [6.45, 7) is 2.66. The van der Waals surface area contributed by atoms with Crippen LogP contribution >= 0.6 is 23.2 Å². The molecule has 0 saturated carbocycles. The van der Waals surface area contributed by atoms with E-state index in [1.54, 1.807) is 17.0 Å². The second-order valence-corrected chi connectivity index (χ2v) is 5.16. The monoisotopic (exact) mass is 320 g/mol. The molecule has 4 nitrogen and oxygen atoms in total. The van der Waals surface area contributed by atoms with Gasteiger partial charge < -0.3 is 10.2 Å². The lowest BCUT2D eigenvalue weighted by molar-refractivity contribution is 1.10. The average molecular weight is 321 g/mol. The number of halogens is 2. The summed E-state index contributed by atoms with van der Waals surface area (Å²) in [6.07, 6.45) is 0. The molecule has 0 unspecified atom stereocenters. The van der Waals surface area contributed by atoms with Crippen molar-refractivity contribution in [1.82, 2.24) is 4.98 Å². The first-order chi connectivity index (χ1) is 10.1. The molecule has 0 radical (unpaired) electrons. The van der Waals surface area contributed by atoms with Crippen LogP contribution in [0.3, 0.4) is 0 Å². The van der Waals surface area contributed by atoms with Crippen molar-refractivity contribution in [3.05, 3.63) is 45.9 Å². The van der Waals surface area contributed by atoms with E-state index >= 15 is 0 Å². The van der Waals surface area contributed by atoms with Crippen LogP contribution in [0.25, 0.3) is 0 Å². The van der Waals surface area contributed by atoms with Gasteiger partial charge in [0.1, 0.15) is 11.9 Å². The van der Waals surface area contributed by atoms with Crippen molar-refractivity contribution in [2.45, 2.75) is 6.92 Å². The fourth-order valence-corrected chi connectivity index (χ4v) is 2.51. The molecular weight excluding hydrogens is 307 g/mol. The number of para-hydroxylation sites is 1. The van der Waals surface area contributed by atoms with Gasteiger partial charge in [0.25, 0.3) is 0 Å². The molecule has 0 aliphatic rings. The molecule has 0 fully saturated rings. The highest BCUT2D eigenvalue weighted by Crippen LogP contribution is 2.35. The molecule has 21 heavy (non-hydrogen) atoms. The number of pyridine rings is 1. The fourth-order valence-electron chi connectivity index (χ4n) is 1.96. The van der Waals surface area contributed by atoms with Gasteiger partial charge in [0.05, 0.1) is 21.3 Å². The lowest BCUT2D eigenvalue weighted by Crippen LogP contribution is -2.14. The molecule has 1 N–H and O–H groups in total. The van der Waals surface area contributed by atoms with Crippen molar-refractivity contribution in [2.75, 3.05) is 23.8 Å². The summed E-state index contributed by atoms with van der Waals surface area (Å²) in [5, 5.41) is 13.2. The summed E-state index contributed by atoms with van der Waals surface area (Å²) in [7, 11) is 1.81. The maximum absolute atomic E-state index is 9.20. The minimum absolute atomic E-state index is 0.428. The van der Waals surface area contributed by atoms with Gasteiger partial charge in [-0.05, 0) is 25.1 Å². The molecule has 0 amide bonds. The molecule has 0 atom stereocenters. The Bertz CT molecular complexity index is 695. The van der Waals surface area contributed by atoms with Gasteiger partial charge in [-0.1, -0.05) is 35.3 Å². The molecule has 1 aromatic carbocycles. The minimum atomic E-state index is 0.428. The molecule has 108 valence electrons. The van der Waals surface area contributed by atoms with Gasteiger partial charge >= 0.3 is 0 Å². The summed E-state index contributed by atoms with van der Waals surface area (Å²) in [4.78, 5) is 6.23. The van der Waals surface area contributed by atoms with Gasteiger partial charge in [0.15, 0.2) is 5.82 Å². The highest BCUT2D eigenvalue weighted by molar-refractivity contribution is 6.37. The SMILES string of the molecule is CCNc1nc(N(C)c2ccccc2C#N)c(Cl)cc1Cl. The van der Waals surface area contributed by atoms with Crippen LogP contribution in [0.4, 0.5) is 17.3 Å². The summed E-state index contributed by atoms with van der Waals surface area (Å²) < 4.78 is 0. The van der Waals surface area contributed by atoms with Gasteiger partial charge in [0.2, 0.25) is 0 Å². The molecule has 6 heteroatoms. The number of hydrogen-bond donors (Lipinski definition) is 1. The molecule has 0 aliphatic heterocycles. The third kappa shape index (κ3) is 3.21. The van der Waals surface area contributed by atoms with Gasteiger partial charge in [-0.25, -0.2) is 4.98 Å². The molecule has 0 aliphatic carbocycles. The van der Waals surface area contributed by atoms with Crippen LogP contribution < -0.4 is 10.2 Å². The van der Waals surface area contributed by atoms with Crippen molar-refractivity contribution in [3.63, 3.8) is 0 Å². The normalized spacial score (nSPS) is 10.0. The van der Waals surface area contributed by atoms with Crippen LogP contribution in [0.5, 0.6) is 0 Å². The largest absolute Gasteiger partial charge is 0.369 e. The topological polar surface area (TPSA) is 52.0 Å². The molecule has 2 aromatic rings. The Morgan fingerprint density at radius 1 is 1.29 bits per heavy atom. The minimum Gasteiger partial charge on any atom is -0.369 e. The number of benzene rings is 1. The smallest absolute Gasteiger partial charge is 0.154 e. The standard InChI is InChI=1S/C15H14Cl2N4/c1-3-19-14-11(16)8-12(17)15(20-14)21(2)13-7-5-4-6-10(13)9-18/h4-8H,3H2,1-2H3,(H,19,20). The van der Waals surface area contributed by atoms with E-state index in [0.29, 0.717) is 33.8 Å². The maximum Gasteiger partial charge on any atom is 0.154 e. The molecule has 0 spiro atoms. The number of hydrogen-bond acceptors (Lipinski definition) is 4. The van der Waals surface area contributed by atoms with Crippen LogP contribution in [-0.2, 0) is 0 Å². The first-order valence-corrected chi connectivity index (χ1v) is 7.16. The predicted octanol–water partition coefficient (Wildman–Crippen LogP) is 4.46. The van der Waals surface area contributed by atoms with Crippen LogP contribution in [0.15, 0.2) is 30.3 Å². The Balaban J connectivity index is 2.50. The number of aromatic nitrogens is 1. The summed E-state index contributed by atoms with van der Waals surface area (Å²) in [5.41, 5.74) is 1.29. The second-order valence-electron chi connectivity index (χ2n) is 4.34. The quantitative estimate of drug-likeness (QED) is 0.903. The lowest BCUT2D eigenvalue weighted by atomic mass is 10.2. The molecule has 1 aromatic heterocycles. The van der Waals surface area contributed by atoms with Crippen molar-refractivity contribution < 1.29 is 0 Å². The Morgan fingerprint density at radius 3 is 2.67 bits per heavy atom. The van der Waals surface area contributed by atoms with E-state index < -0.39 is 0 Å². The van der Waals surface area contributed by atoms with E-state index in [0.717, 1.165) is 5.69 Å². The molecule has 0 saturated heterocycles. The third-order valence-electron chi connectivity index (χ3n) is 2.96. The van der Waals surface area contributed by atoms with Crippen LogP contribution in [0, 0.1) is 11.3 Å². The maximum atomic E-state index is 9.20. The zero-order valence-electron chi connectivity index (χ0n) is 11.7. The Kier molecular flexibility index (Phi) is 4.89. The van der Waals surface area contributed by atoms with Gasteiger partial charge in [-0.15, -0.1) is 0 Å². The number of anilines is 3. The fraction of sp³-hybridized carbons (Fsp3) is 0.200. The van der Waals surface area contributed by atoms with Crippen molar-refractivity contribution in [3.8, 4) is 6.07 Å². The van der Waals surface area contributed by atoms with Crippen LogP contribution in [-0.4, -0.2) is 18.6 Å². The Morgan fingerprint density at radius 2 is 2.00 bits per heavy atom. The zero-order valence-corrected chi connectivity index (χ0v) is 13.2. The van der Waals surface area contributed by atoms with Gasteiger partial charge in [0, 0.05) is 13.6 Å². The lowest BCUT2D eigenvalue weighted by Gasteiger charge is -2.21. The third-order valence-corrected chi connectivity index (χ3v) is 3.53. The molecule has 0 bridgehead atoms. The van der Waals surface area contributed by atoms with E-state index in [2.05, 4.69) is 16.4 Å². The molecule has 1 heterocycles. The first-order valence-electron chi connectivity index (χ1n) is 6.41. The van der Waals surface area contributed by atoms with E-state index in [4.69, 9.17) is 23.2 Å². The van der Waals surface area contributed by atoms with Crippen molar-refractivity contribution in [2.24, 2.45) is 0 Å². The van der Waals surface area contributed by atoms with E-state index in [-0.39, 0.29) is 0 Å². The number of nitrogens with one attached hydrogen (secondary N) is 1. The summed E-state index contributed by atoms with van der Waals surface area (Å²) in [5.74, 6) is 1.11. The van der Waals surface area contributed by atoms with Gasteiger partial charge in [-0.3, -0.25) is 0 Å². The number of nitrogens with zero attached hydrogens (tertiary/aromatic N) is 3. The predicted molar refractivity (Wildman–Crippen MR) is 87.6 cm³/mol. The van der Waals surface area contributed by atoms with Crippen LogP contribution in [0.2, 0.25) is 10.0 Å². The highest BCUT2D eigenvalue weighted by Gasteiger charge is 2.16. The van der Waals surface area contributed by atoms with Crippen molar-refractivity contribution in [1.29, 1.82) is 5.26 Å². The van der Waals surface area contributed by atoms with Gasteiger partial charge in [-0.2, -0.15) is 5.26 Å². The van der Waals surface area contributed by atoms with E-state index in [1.807, 2.05) is 32.2 Å². The zero-order chi connectivity index (χ0) is 15.4. The van der Waals surface area contributed by atoms with Crippen LogP contribution in [0.1, 0.15) is 12.5 Å². The molecular formula is C15H14Cl2N4. The Hall–Kier alpha value is -1.96. The first kappa shape index (κ1) is 15.4. The summed E-state index contributed by atoms with van der Waals surface area (Å²) in [6, 6.07) is 11.1. The van der Waals surface area contributed by atoms with E-state index in [1.165, 1.54) is 0 Å². The Labute approximate surface area is 133 Å². The molecule has 2 rings (SSSR count). The number of rotatable bonds is 4. The second kappa shape index (κ2) is 6.66. The summed E-state index contributed by atoms with van der Waals surface area (Å²) >= 11 is 12.4. The average Bonchev–Trinajstić information content (AvgIpc) is 2.49. The van der Waals surface area contributed by atoms with E-state index in [9.17, 15) is 5.26 Å². The highest BCUT2D eigenvalue weighted by atomic mass is 35.5.